The predicted molar refractivity (Wildman–Crippen MR) is 99.9 cm³/mol. The lowest BCUT2D eigenvalue weighted by Gasteiger charge is -2.58. The molecule has 5 nitrogen and oxygen atoms in total. The normalized spacial score (nSPS) is 23.1. The van der Waals surface area contributed by atoms with Crippen molar-refractivity contribution in [2.75, 3.05) is 33.3 Å². The maximum atomic E-state index is 13.7. The van der Waals surface area contributed by atoms with E-state index in [2.05, 4.69) is 32.2 Å². The van der Waals surface area contributed by atoms with E-state index in [4.69, 9.17) is 4.74 Å². The number of piperidine rings is 1. The molecule has 2 aromatic rings. The first kappa shape index (κ1) is 17.8. The molecule has 0 amide bonds. The lowest BCUT2D eigenvalue weighted by atomic mass is 9.75. The number of thiazole rings is 1. The number of rotatable bonds is 5. The van der Waals surface area contributed by atoms with Gasteiger partial charge < -0.3 is 4.74 Å². The largest absolute Gasteiger partial charge is 0.475 e. The number of likely N-dealkylation sites (tertiary alicyclic amines) is 2. The lowest BCUT2D eigenvalue weighted by Crippen LogP contribution is -2.71. The van der Waals surface area contributed by atoms with Gasteiger partial charge in [-0.3, -0.25) is 9.80 Å². The number of aryl methyl sites for hydroxylation is 1. The number of ether oxygens (including phenoxy) is 1. The van der Waals surface area contributed by atoms with Gasteiger partial charge in [0.05, 0.1) is 13.2 Å². The van der Waals surface area contributed by atoms with Crippen LogP contribution in [0.15, 0.2) is 23.7 Å². The maximum absolute atomic E-state index is 13.7. The molecule has 1 spiro atoms. The Balaban J connectivity index is 1.32. The summed E-state index contributed by atoms with van der Waals surface area (Å²) in [5, 5.41) is 3.31. The van der Waals surface area contributed by atoms with Crippen LogP contribution in [0.3, 0.4) is 0 Å². The Bertz CT molecular complexity index is 762. The van der Waals surface area contributed by atoms with Crippen molar-refractivity contribution >= 4 is 11.3 Å². The highest BCUT2D eigenvalue weighted by atomic mass is 32.1. The van der Waals surface area contributed by atoms with Crippen molar-refractivity contribution in [2.24, 2.45) is 5.92 Å². The molecule has 4 rings (SSSR count). The third-order valence-corrected chi connectivity index (χ3v) is 6.54. The van der Waals surface area contributed by atoms with Gasteiger partial charge in [0.1, 0.15) is 5.01 Å². The molecule has 0 N–H and O–H groups in total. The summed E-state index contributed by atoms with van der Waals surface area (Å²) in [6, 6.07) is 2.97. The van der Waals surface area contributed by atoms with Crippen LogP contribution in [0.1, 0.15) is 23.5 Å². The van der Waals surface area contributed by atoms with Crippen molar-refractivity contribution in [3.63, 3.8) is 0 Å². The molecule has 7 heteroatoms. The van der Waals surface area contributed by atoms with Crippen molar-refractivity contribution in [1.82, 2.24) is 19.8 Å². The van der Waals surface area contributed by atoms with Crippen LogP contribution in [-0.4, -0.2) is 58.6 Å². The summed E-state index contributed by atoms with van der Waals surface area (Å²) < 4.78 is 19.4. The Labute approximate surface area is 157 Å². The fourth-order valence-electron chi connectivity index (χ4n) is 4.16. The van der Waals surface area contributed by atoms with E-state index in [0.29, 0.717) is 12.5 Å². The van der Waals surface area contributed by atoms with Crippen LogP contribution in [0.25, 0.3) is 0 Å². The first-order valence-corrected chi connectivity index (χ1v) is 10.00. The number of likely N-dealkylation sites (N-methyl/N-ethyl adjacent to an activating group) is 1. The topological polar surface area (TPSA) is 41.5 Å². The van der Waals surface area contributed by atoms with E-state index >= 15 is 0 Å². The second kappa shape index (κ2) is 7.21. The van der Waals surface area contributed by atoms with Crippen LogP contribution < -0.4 is 4.74 Å². The summed E-state index contributed by atoms with van der Waals surface area (Å²) >= 11 is 1.74. The molecule has 2 aliphatic heterocycles. The summed E-state index contributed by atoms with van der Waals surface area (Å²) in [4.78, 5) is 13.5. The standard InChI is InChI=1S/C19H25FN4OS/c1-14-11-26-17(22-14)9-24-12-19(13-24)8-15(5-7-23(19)2)10-25-18-16(20)4-3-6-21-18/h3-4,6,11,15H,5,7-10,12-13H2,1-2H3. The molecular formula is C19H25FN4OS. The van der Waals surface area contributed by atoms with Gasteiger partial charge >= 0.3 is 0 Å². The van der Waals surface area contributed by atoms with E-state index in [-0.39, 0.29) is 17.2 Å². The van der Waals surface area contributed by atoms with Crippen molar-refractivity contribution in [3.05, 3.63) is 40.2 Å². The Morgan fingerprint density at radius 2 is 2.27 bits per heavy atom. The predicted octanol–water partition coefficient (Wildman–Crippen LogP) is 2.96. The van der Waals surface area contributed by atoms with Crippen LogP contribution in [-0.2, 0) is 6.54 Å². The van der Waals surface area contributed by atoms with Gasteiger partial charge in [-0.1, -0.05) is 0 Å². The molecule has 0 radical (unpaired) electrons. The summed E-state index contributed by atoms with van der Waals surface area (Å²) in [5.41, 5.74) is 1.33. The van der Waals surface area contributed by atoms with Crippen LogP contribution in [0.2, 0.25) is 0 Å². The molecule has 26 heavy (non-hydrogen) atoms. The minimum Gasteiger partial charge on any atom is -0.475 e. The molecule has 0 bridgehead atoms. The molecule has 0 saturated carbocycles. The zero-order chi connectivity index (χ0) is 18.1. The van der Waals surface area contributed by atoms with Crippen LogP contribution in [0, 0.1) is 18.7 Å². The van der Waals surface area contributed by atoms with Gasteiger partial charge in [-0.15, -0.1) is 11.3 Å². The Kier molecular flexibility index (Phi) is 4.94. The van der Waals surface area contributed by atoms with E-state index in [1.165, 1.54) is 11.1 Å². The highest BCUT2D eigenvalue weighted by molar-refractivity contribution is 7.09. The van der Waals surface area contributed by atoms with Crippen molar-refractivity contribution in [3.8, 4) is 5.88 Å². The summed E-state index contributed by atoms with van der Waals surface area (Å²) in [5.74, 6) is 0.176. The minimum atomic E-state index is -0.385. The van der Waals surface area contributed by atoms with Gasteiger partial charge in [0, 0.05) is 35.9 Å². The van der Waals surface area contributed by atoms with Gasteiger partial charge in [0.25, 0.3) is 0 Å². The molecule has 4 heterocycles. The van der Waals surface area contributed by atoms with Crippen molar-refractivity contribution in [1.29, 1.82) is 0 Å². The first-order chi connectivity index (χ1) is 12.5. The molecule has 0 aromatic carbocycles. The molecule has 1 atom stereocenters. The highest BCUT2D eigenvalue weighted by Gasteiger charge is 2.49. The molecule has 2 aromatic heterocycles. The maximum Gasteiger partial charge on any atom is 0.250 e. The summed E-state index contributed by atoms with van der Waals surface area (Å²) in [6.07, 6.45) is 3.74. The SMILES string of the molecule is Cc1csc(CN2CC3(CC(COc4ncccc4F)CCN3C)C2)n1. The Morgan fingerprint density at radius 1 is 1.42 bits per heavy atom. The zero-order valence-corrected chi connectivity index (χ0v) is 16.1. The van der Waals surface area contributed by atoms with E-state index in [1.807, 2.05) is 6.92 Å². The third-order valence-electron chi connectivity index (χ3n) is 5.59. The highest BCUT2D eigenvalue weighted by Crippen LogP contribution is 2.39. The minimum absolute atomic E-state index is 0.120. The lowest BCUT2D eigenvalue weighted by molar-refractivity contribution is -0.0876. The number of hydrogen-bond donors (Lipinski definition) is 0. The molecule has 1 unspecified atom stereocenters. The van der Waals surface area contributed by atoms with Crippen molar-refractivity contribution < 1.29 is 9.13 Å². The molecule has 140 valence electrons. The smallest absolute Gasteiger partial charge is 0.250 e. The summed E-state index contributed by atoms with van der Waals surface area (Å²) in [7, 11) is 2.22. The monoisotopic (exact) mass is 376 g/mol. The third kappa shape index (κ3) is 3.61. The fraction of sp³-hybridized carbons (Fsp3) is 0.579. The van der Waals surface area contributed by atoms with Crippen LogP contribution in [0.4, 0.5) is 4.39 Å². The Hall–Kier alpha value is -1.57. The van der Waals surface area contributed by atoms with E-state index in [1.54, 1.807) is 23.6 Å². The van der Waals surface area contributed by atoms with Gasteiger partial charge in [0.2, 0.25) is 5.88 Å². The molecule has 2 fully saturated rings. The van der Waals surface area contributed by atoms with Gasteiger partial charge in [0.15, 0.2) is 5.82 Å². The van der Waals surface area contributed by atoms with E-state index in [0.717, 1.165) is 44.7 Å². The number of hydrogen-bond acceptors (Lipinski definition) is 6. The first-order valence-electron chi connectivity index (χ1n) is 9.12. The number of pyridine rings is 1. The van der Waals surface area contributed by atoms with Gasteiger partial charge in [-0.05, 0) is 51.4 Å². The van der Waals surface area contributed by atoms with Crippen molar-refractivity contribution in [2.45, 2.75) is 31.8 Å². The summed E-state index contributed by atoms with van der Waals surface area (Å²) in [6.45, 7) is 6.71. The number of nitrogens with zero attached hydrogens (tertiary/aromatic N) is 4. The fourth-order valence-corrected chi connectivity index (χ4v) is 4.97. The number of aromatic nitrogens is 2. The van der Waals surface area contributed by atoms with E-state index in [9.17, 15) is 4.39 Å². The molecule has 2 saturated heterocycles. The second-order valence-electron chi connectivity index (χ2n) is 7.63. The number of halogens is 1. The van der Waals surface area contributed by atoms with E-state index < -0.39 is 0 Å². The zero-order valence-electron chi connectivity index (χ0n) is 15.3. The molecule has 2 aliphatic rings. The quantitative estimate of drug-likeness (QED) is 0.803. The van der Waals surface area contributed by atoms with Crippen LogP contribution in [0.5, 0.6) is 5.88 Å². The average Bonchev–Trinajstić information content (AvgIpc) is 3.00. The average molecular weight is 377 g/mol. The van der Waals surface area contributed by atoms with Gasteiger partial charge in [-0.2, -0.15) is 0 Å². The van der Waals surface area contributed by atoms with Gasteiger partial charge in [-0.25, -0.2) is 14.4 Å². The second-order valence-corrected chi connectivity index (χ2v) is 8.58. The molecule has 0 aliphatic carbocycles. The Morgan fingerprint density at radius 3 is 3.00 bits per heavy atom. The van der Waals surface area contributed by atoms with Crippen LogP contribution >= 0.6 is 11.3 Å². The molecular weight excluding hydrogens is 351 g/mol.